The first kappa shape index (κ1) is 19.1. The van der Waals surface area contributed by atoms with Gasteiger partial charge in [0.25, 0.3) is 0 Å². The summed E-state index contributed by atoms with van der Waals surface area (Å²) >= 11 is 6.33. The van der Waals surface area contributed by atoms with Gasteiger partial charge in [-0.15, -0.1) is 0 Å². The average Bonchev–Trinajstić information content (AvgIpc) is 2.60. The molecule has 0 unspecified atom stereocenters. The Morgan fingerprint density at radius 3 is 1.96 bits per heavy atom. The molecular weight excluding hydrogens is 326 g/mol. The molecule has 0 amide bonds. The number of hydrogen-bond acceptors (Lipinski definition) is 1. The van der Waals surface area contributed by atoms with Gasteiger partial charge in [-0.1, -0.05) is 51.3 Å². The molecule has 2 saturated carbocycles. The molecule has 1 nitrogen and oxygen atoms in total. The fourth-order valence-electron chi connectivity index (χ4n) is 5.53. The van der Waals surface area contributed by atoms with Crippen molar-refractivity contribution in [3.05, 3.63) is 28.3 Å². The van der Waals surface area contributed by atoms with Crippen molar-refractivity contribution in [1.29, 1.82) is 0 Å². The summed E-state index contributed by atoms with van der Waals surface area (Å²) in [5.74, 6) is 3.42. The van der Waals surface area contributed by atoms with Crippen molar-refractivity contribution in [3.63, 3.8) is 0 Å². The number of aryl methyl sites for hydroxylation is 1. The number of benzene rings is 1. The number of nitrogen functional groups attached to an aromatic ring is 1. The molecule has 0 aromatic heterocycles. The third kappa shape index (κ3) is 4.02. The molecule has 25 heavy (non-hydrogen) atoms. The molecule has 2 fully saturated rings. The van der Waals surface area contributed by atoms with Gasteiger partial charge in [-0.2, -0.15) is 0 Å². The van der Waals surface area contributed by atoms with Crippen LogP contribution < -0.4 is 5.73 Å². The van der Waals surface area contributed by atoms with Crippen LogP contribution in [0.25, 0.3) is 0 Å². The van der Waals surface area contributed by atoms with Crippen LogP contribution >= 0.6 is 11.6 Å². The number of hydrogen-bond donors (Lipinski definition) is 1. The number of rotatable bonds is 3. The predicted molar refractivity (Wildman–Crippen MR) is 110 cm³/mol. The first-order valence-electron chi connectivity index (χ1n) is 10.3. The molecule has 1 aromatic carbocycles. The fourth-order valence-corrected chi connectivity index (χ4v) is 5.80. The van der Waals surface area contributed by atoms with Gasteiger partial charge in [0, 0.05) is 0 Å². The smallest absolute Gasteiger partial charge is 0.0641 e. The zero-order chi connectivity index (χ0) is 18.2. The van der Waals surface area contributed by atoms with Crippen molar-refractivity contribution in [1.82, 2.24) is 0 Å². The second kappa shape index (κ2) is 7.51. The van der Waals surface area contributed by atoms with Crippen LogP contribution in [0.1, 0.15) is 89.2 Å². The molecule has 2 aliphatic carbocycles. The molecule has 2 aliphatic rings. The van der Waals surface area contributed by atoms with Gasteiger partial charge in [0.2, 0.25) is 0 Å². The third-order valence-corrected chi connectivity index (χ3v) is 7.99. The van der Waals surface area contributed by atoms with Gasteiger partial charge in [0.15, 0.2) is 0 Å². The maximum absolute atomic E-state index is 6.33. The van der Waals surface area contributed by atoms with Crippen molar-refractivity contribution in [2.45, 2.75) is 85.0 Å². The predicted octanol–water partition coefficient (Wildman–Crippen LogP) is 7.36. The minimum Gasteiger partial charge on any atom is -0.397 e. The van der Waals surface area contributed by atoms with E-state index < -0.39 is 0 Å². The van der Waals surface area contributed by atoms with E-state index in [2.05, 4.69) is 39.8 Å². The summed E-state index contributed by atoms with van der Waals surface area (Å²) in [5, 5.41) is 0.730. The Kier molecular flexibility index (Phi) is 5.73. The highest BCUT2D eigenvalue weighted by Gasteiger charge is 2.40. The topological polar surface area (TPSA) is 26.0 Å². The van der Waals surface area contributed by atoms with E-state index in [0.717, 1.165) is 34.0 Å². The van der Waals surface area contributed by atoms with Gasteiger partial charge in [-0.3, -0.25) is 0 Å². The molecule has 2 heteroatoms. The molecule has 0 aliphatic heterocycles. The molecule has 140 valence electrons. The standard InChI is InChI=1S/C23H36ClN/c1-15-5-9-19(10-6-15)23(3,4)20-11-7-17(8-12-20)18-13-16(2)22(25)21(24)14-18/h13-15,17,19-20H,5-12,25H2,1-4H3. The lowest BCUT2D eigenvalue weighted by molar-refractivity contribution is 0.0466. The highest BCUT2D eigenvalue weighted by atomic mass is 35.5. The largest absolute Gasteiger partial charge is 0.397 e. The normalized spacial score (nSPS) is 31.1. The summed E-state index contributed by atoms with van der Waals surface area (Å²) in [6.45, 7) is 9.61. The van der Waals surface area contributed by atoms with Crippen molar-refractivity contribution >= 4 is 17.3 Å². The van der Waals surface area contributed by atoms with Crippen LogP contribution in [0.2, 0.25) is 5.02 Å². The highest BCUT2D eigenvalue weighted by molar-refractivity contribution is 6.33. The molecule has 3 rings (SSSR count). The second-order valence-electron chi connectivity index (χ2n) is 9.56. The molecule has 1 aromatic rings. The Labute approximate surface area is 159 Å². The molecule has 0 saturated heterocycles. The lowest BCUT2D eigenvalue weighted by Crippen LogP contribution is -2.36. The lowest BCUT2D eigenvalue weighted by atomic mass is 9.59. The first-order chi connectivity index (χ1) is 11.8. The fraction of sp³-hybridized carbons (Fsp3) is 0.739. The van der Waals surface area contributed by atoms with Crippen LogP contribution in [0, 0.1) is 30.1 Å². The first-order valence-corrected chi connectivity index (χ1v) is 10.7. The number of anilines is 1. The summed E-state index contributed by atoms with van der Waals surface area (Å²) in [7, 11) is 0. The van der Waals surface area contributed by atoms with E-state index in [1.807, 2.05) is 0 Å². The van der Waals surface area contributed by atoms with Gasteiger partial charge in [-0.25, -0.2) is 0 Å². The van der Waals surface area contributed by atoms with E-state index in [0.29, 0.717) is 11.3 Å². The Bertz CT molecular complexity index is 567. The maximum Gasteiger partial charge on any atom is 0.0641 e. The van der Waals surface area contributed by atoms with Gasteiger partial charge < -0.3 is 5.73 Å². The van der Waals surface area contributed by atoms with Crippen LogP contribution in [0.5, 0.6) is 0 Å². The zero-order valence-corrected chi connectivity index (χ0v) is 17.3. The molecule has 0 spiro atoms. The Balaban J connectivity index is 1.63. The van der Waals surface area contributed by atoms with Gasteiger partial charge in [-0.05, 0) is 91.7 Å². The lowest BCUT2D eigenvalue weighted by Gasteiger charge is -2.46. The second-order valence-corrected chi connectivity index (χ2v) is 9.97. The van der Waals surface area contributed by atoms with Crippen molar-refractivity contribution in [2.75, 3.05) is 5.73 Å². The average molecular weight is 362 g/mol. The Morgan fingerprint density at radius 1 is 0.920 bits per heavy atom. The SMILES string of the molecule is Cc1cc(C2CCC(C(C)(C)C3CCC(C)CC3)CC2)cc(Cl)c1N. The van der Waals surface area contributed by atoms with E-state index in [9.17, 15) is 0 Å². The molecule has 0 atom stereocenters. The number of halogens is 1. The molecular formula is C23H36ClN. The molecule has 2 N–H and O–H groups in total. The molecule has 0 heterocycles. The Morgan fingerprint density at radius 2 is 1.44 bits per heavy atom. The minimum atomic E-state index is 0.500. The maximum atomic E-state index is 6.33. The van der Waals surface area contributed by atoms with E-state index in [4.69, 9.17) is 17.3 Å². The summed E-state index contributed by atoms with van der Waals surface area (Å²) in [4.78, 5) is 0. The van der Waals surface area contributed by atoms with Crippen LogP contribution in [-0.4, -0.2) is 0 Å². The highest BCUT2D eigenvalue weighted by Crippen LogP contribution is 2.51. The van der Waals surface area contributed by atoms with Crippen LogP contribution in [-0.2, 0) is 0 Å². The summed E-state index contributed by atoms with van der Waals surface area (Å²) in [5.41, 5.74) is 9.79. The number of nitrogens with two attached hydrogens (primary N) is 1. The van der Waals surface area contributed by atoms with E-state index in [1.54, 1.807) is 0 Å². The van der Waals surface area contributed by atoms with Crippen LogP contribution in [0.3, 0.4) is 0 Å². The third-order valence-electron chi connectivity index (χ3n) is 7.68. The van der Waals surface area contributed by atoms with Crippen molar-refractivity contribution < 1.29 is 0 Å². The van der Waals surface area contributed by atoms with E-state index in [-0.39, 0.29) is 0 Å². The quantitative estimate of drug-likeness (QED) is 0.559. The molecule has 0 bridgehead atoms. The van der Waals surface area contributed by atoms with Gasteiger partial charge in [0.05, 0.1) is 10.7 Å². The van der Waals surface area contributed by atoms with Crippen LogP contribution in [0.15, 0.2) is 12.1 Å². The zero-order valence-electron chi connectivity index (χ0n) is 16.6. The molecule has 0 radical (unpaired) electrons. The van der Waals surface area contributed by atoms with E-state index >= 15 is 0 Å². The monoisotopic (exact) mass is 361 g/mol. The summed E-state index contributed by atoms with van der Waals surface area (Å²) in [6.07, 6.45) is 11.1. The van der Waals surface area contributed by atoms with Gasteiger partial charge in [0.1, 0.15) is 0 Å². The Hall–Kier alpha value is -0.690. The summed E-state index contributed by atoms with van der Waals surface area (Å²) < 4.78 is 0. The van der Waals surface area contributed by atoms with Crippen LogP contribution in [0.4, 0.5) is 5.69 Å². The van der Waals surface area contributed by atoms with Gasteiger partial charge >= 0.3 is 0 Å². The van der Waals surface area contributed by atoms with Crippen molar-refractivity contribution in [2.24, 2.45) is 23.2 Å². The minimum absolute atomic E-state index is 0.500. The summed E-state index contributed by atoms with van der Waals surface area (Å²) in [6, 6.07) is 4.38. The van der Waals surface area contributed by atoms with Crippen molar-refractivity contribution in [3.8, 4) is 0 Å². The van der Waals surface area contributed by atoms with E-state index in [1.165, 1.54) is 56.9 Å².